The van der Waals surface area contributed by atoms with Gasteiger partial charge in [0.05, 0.1) is 10.9 Å². The van der Waals surface area contributed by atoms with Gasteiger partial charge in [0.25, 0.3) is 0 Å². The summed E-state index contributed by atoms with van der Waals surface area (Å²) in [5.41, 5.74) is 0.350. The number of aromatic hydroxyl groups is 1. The minimum Gasteiger partial charge on any atom is -0.505 e. The van der Waals surface area contributed by atoms with Crippen molar-refractivity contribution in [3.63, 3.8) is 0 Å². The molecule has 22 heavy (non-hydrogen) atoms. The predicted octanol–water partition coefficient (Wildman–Crippen LogP) is 3.96. The maximum absolute atomic E-state index is 13.5. The second-order valence-corrected chi connectivity index (χ2v) is 4.90. The summed E-state index contributed by atoms with van der Waals surface area (Å²) in [4.78, 5) is 3.98. The van der Waals surface area contributed by atoms with E-state index in [0.29, 0.717) is 27.7 Å². The number of halogens is 2. The monoisotopic (exact) mass is 317 g/mol. The van der Waals surface area contributed by atoms with Crippen molar-refractivity contribution in [2.24, 2.45) is 10.2 Å². The van der Waals surface area contributed by atoms with Crippen molar-refractivity contribution >= 4 is 33.3 Å². The van der Waals surface area contributed by atoms with E-state index in [1.54, 1.807) is 0 Å². The van der Waals surface area contributed by atoms with Crippen molar-refractivity contribution in [3.8, 4) is 11.8 Å². The lowest BCUT2D eigenvalue weighted by Gasteiger charge is -1.98. The zero-order valence-electron chi connectivity index (χ0n) is 10.7. The molecule has 108 valence electrons. The molecule has 0 saturated heterocycles. The molecule has 1 aromatic carbocycles. The molecule has 1 N–H and O–H groups in total. The fourth-order valence-electron chi connectivity index (χ4n) is 1.66. The molecule has 2 aromatic heterocycles. The molecule has 3 rings (SSSR count). The second-order valence-electron chi connectivity index (χ2n) is 4.15. The summed E-state index contributed by atoms with van der Waals surface area (Å²) in [7, 11) is 0. The van der Waals surface area contributed by atoms with Gasteiger partial charge in [0.2, 0.25) is 0 Å². The third-order valence-electron chi connectivity index (χ3n) is 2.71. The molecule has 6 nitrogen and oxygen atoms in total. The molecule has 0 bridgehead atoms. The summed E-state index contributed by atoms with van der Waals surface area (Å²) in [6.45, 7) is 0. The van der Waals surface area contributed by atoms with Crippen LogP contribution in [0.4, 0.5) is 19.5 Å². The normalized spacial score (nSPS) is 11.1. The molecule has 3 aromatic rings. The number of rotatable bonds is 2. The highest BCUT2D eigenvalue weighted by atomic mass is 32.1. The zero-order chi connectivity index (χ0) is 15.7. The summed E-state index contributed by atoms with van der Waals surface area (Å²) in [6, 6.07) is 4.82. The molecule has 0 aliphatic heterocycles. The van der Waals surface area contributed by atoms with Crippen LogP contribution in [0.2, 0.25) is 0 Å². The Bertz CT molecular complexity index is 947. The van der Waals surface area contributed by atoms with Crippen LogP contribution in [-0.4, -0.2) is 14.5 Å². The number of pyridine rings is 1. The fourth-order valence-corrected chi connectivity index (χ4v) is 2.30. The third-order valence-corrected chi connectivity index (χ3v) is 3.45. The molecule has 2 heterocycles. The largest absolute Gasteiger partial charge is 0.505 e. The van der Waals surface area contributed by atoms with Gasteiger partial charge in [-0.05, 0) is 17.6 Å². The molecule has 0 saturated carbocycles. The van der Waals surface area contributed by atoms with Gasteiger partial charge in [0.15, 0.2) is 28.0 Å². The number of phenolic OH excluding ortho intramolecular Hbond substituents is 1. The van der Waals surface area contributed by atoms with Crippen LogP contribution in [0.3, 0.4) is 0 Å². The Balaban J connectivity index is 2.03. The highest BCUT2D eigenvalue weighted by molar-refractivity contribution is 7.11. The third kappa shape index (κ3) is 2.47. The fraction of sp³-hybridized carbons (Fsp3) is 0. The first-order valence-corrected chi connectivity index (χ1v) is 6.61. The quantitative estimate of drug-likeness (QED) is 0.724. The summed E-state index contributed by atoms with van der Waals surface area (Å²) in [5, 5.41) is 26.1. The summed E-state index contributed by atoms with van der Waals surface area (Å²) < 4.78 is 30.8. The number of nitriles is 1. The van der Waals surface area contributed by atoms with Crippen molar-refractivity contribution in [2.45, 2.75) is 0 Å². The molecule has 0 aliphatic rings. The Morgan fingerprint density at radius 3 is 2.77 bits per heavy atom. The van der Waals surface area contributed by atoms with Crippen LogP contribution >= 0.6 is 11.5 Å². The van der Waals surface area contributed by atoms with E-state index in [0.717, 1.165) is 17.6 Å². The number of phenols is 1. The number of hydrogen-bond acceptors (Lipinski definition) is 7. The first-order chi connectivity index (χ1) is 10.6. The first-order valence-electron chi connectivity index (χ1n) is 5.84. The molecule has 0 fully saturated rings. The van der Waals surface area contributed by atoms with E-state index in [4.69, 9.17) is 10.4 Å². The molecule has 0 spiro atoms. The van der Waals surface area contributed by atoms with Crippen molar-refractivity contribution in [2.75, 3.05) is 0 Å². The molecule has 0 aliphatic carbocycles. The standard InChI is InChI=1S/C13H5F2N5OS/c14-8-3-11(21)9(15)2-10(8)18-19-13-7-1-6(4-16)5-17-12(7)20-22-13/h1-3,5,21H/b19-18+. The summed E-state index contributed by atoms with van der Waals surface area (Å²) >= 11 is 0.967. The molecule has 0 unspecified atom stereocenters. The lowest BCUT2D eigenvalue weighted by atomic mass is 10.2. The van der Waals surface area contributed by atoms with Gasteiger partial charge < -0.3 is 5.11 Å². The van der Waals surface area contributed by atoms with Gasteiger partial charge in [-0.25, -0.2) is 13.8 Å². The molecular formula is C13H5F2N5OS. The number of hydrogen-bond donors (Lipinski definition) is 1. The van der Waals surface area contributed by atoms with Crippen molar-refractivity contribution in [1.29, 1.82) is 5.26 Å². The van der Waals surface area contributed by atoms with E-state index in [-0.39, 0.29) is 5.69 Å². The molecule has 0 radical (unpaired) electrons. The predicted molar refractivity (Wildman–Crippen MR) is 74.3 cm³/mol. The van der Waals surface area contributed by atoms with Gasteiger partial charge in [-0.1, -0.05) is 0 Å². The maximum atomic E-state index is 13.5. The van der Waals surface area contributed by atoms with E-state index in [2.05, 4.69) is 19.6 Å². The number of benzene rings is 1. The Morgan fingerprint density at radius 2 is 2.00 bits per heavy atom. The van der Waals surface area contributed by atoms with E-state index >= 15 is 0 Å². The van der Waals surface area contributed by atoms with E-state index in [1.807, 2.05) is 6.07 Å². The number of fused-ring (bicyclic) bond motifs is 1. The van der Waals surface area contributed by atoms with Gasteiger partial charge in [-0.15, -0.1) is 10.2 Å². The summed E-state index contributed by atoms with van der Waals surface area (Å²) in [6.07, 6.45) is 1.37. The van der Waals surface area contributed by atoms with E-state index in [1.165, 1.54) is 12.3 Å². The molecule has 9 heteroatoms. The van der Waals surface area contributed by atoms with Crippen LogP contribution in [-0.2, 0) is 0 Å². The van der Waals surface area contributed by atoms with Gasteiger partial charge in [0, 0.05) is 18.3 Å². The lowest BCUT2D eigenvalue weighted by Crippen LogP contribution is -1.81. The van der Waals surface area contributed by atoms with Crippen molar-refractivity contribution in [3.05, 3.63) is 41.6 Å². The Kier molecular flexibility index (Phi) is 3.44. The second kappa shape index (κ2) is 5.42. The van der Waals surface area contributed by atoms with Crippen LogP contribution in [0.15, 0.2) is 34.6 Å². The Labute approximate surface area is 126 Å². The highest BCUT2D eigenvalue weighted by Crippen LogP contribution is 2.33. The lowest BCUT2D eigenvalue weighted by molar-refractivity contribution is 0.427. The zero-order valence-corrected chi connectivity index (χ0v) is 11.5. The van der Waals surface area contributed by atoms with Crippen LogP contribution in [0.1, 0.15) is 5.56 Å². The molecule has 0 amide bonds. The average Bonchev–Trinajstić information content (AvgIpc) is 2.91. The SMILES string of the molecule is N#Cc1cnc2nsc(/N=N/c3cc(F)c(O)cc3F)c2c1. The van der Waals surface area contributed by atoms with Gasteiger partial charge >= 0.3 is 0 Å². The van der Waals surface area contributed by atoms with Crippen LogP contribution in [0, 0.1) is 23.0 Å². The molecular weight excluding hydrogens is 312 g/mol. The number of nitrogens with zero attached hydrogens (tertiary/aromatic N) is 5. The Hall–Kier alpha value is -2.99. The number of aromatic nitrogens is 2. The summed E-state index contributed by atoms with van der Waals surface area (Å²) in [5.74, 6) is -2.71. The average molecular weight is 317 g/mol. The van der Waals surface area contributed by atoms with Crippen LogP contribution in [0.5, 0.6) is 5.75 Å². The van der Waals surface area contributed by atoms with Crippen LogP contribution in [0.25, 0.3) is 11.0 Å². The Morgan fingerprint density at radius 1 is 1.18 bits per heavy atom. The highest BCUT2D eigenvalue weighted by Gasteiger charge is 2.11. The van der Waals surface area contributed by atoms with Crippen molar-refractivity contribution < 1.29 is 13.9 Å². The minimum absolute atomic E-state index is 0.312. The van der Waals surface area contributed by atoms with Crippen LogP contribution < -0.4 is 0 Å². The topological polar surface area (TPSA) is 94.5 Å². The van der Waals surface area contributed by atoms with Gasteiger partial charge in [-0.2, -0.15) is 9.64 Å². The maximum Gasteiger partial charge on any atom is 0.175 e. The first kappa shape index (κ1) is 14.0. The molecule has 0 atom stereocenters. The van der Waals surface area contributed by atoms with Gasteiger partial charge in [-0.3, -0.25) is 0 Å². The van der Waals surface area contributed by atoms with Crippen molar-refractivity contribution in [1.82, 2.24) is 9.36 Å². The van der Waals surface area contributed by atoms with E-state index in [9.17, 15) is 8.78 Å². The number of azo groups is 1. The minimum atomic E-state index is -1.00. The van der Waals surface area contributed by atoms with E-state index < -0.39 is 17.4 Å². The smallest absolute Gasteiger partial charge is 0.175 e. The van der Waals surface area contributed by atoms with Gasteiger partial charge in [0.1, 0.15) is 11.8 Å².